The second kappa shape index (κ2) is 7.37. The number of rotatable bonds is 7. The van der Waals surface area contributed by atoms with E-state index in [1.54, 1.807) is 6.20 Å². The van der Waals surface area contributed by atoms with E-state index >= 15 is 0 Å². The molecule has 0 amide bonds. The molecule has 1 saturated heterocycles. The van der Waals surface area contributed by atoms with Crippen LogP contribution < -0.4 is 4.90 Å². The van der Waals surface area contributed by atoms with Crippen LogP contribution in [0, 0.1) is 0 Å². The summed E-state index contributed by atoms with van der Waals surface area (Å²) < 4.78 is 7.25. The van der Waals surface area contributed by atoms with Crippen molar-refractivity contribution in [2.75, 3.05) is 31.2 Å². The number of aromatic nitrogens is 3. The minimum Gasteiger partial charge on any atom is -0.378 e. The lowest BCUT2D eigenvalue weighted by Crippen LogP contribution is -2.37. The molecule has 0 aliphatic carbocycles. The summed E-state index contributed by atoms with van der Waals surface area (Å²) in [5, 5.41) is 4.35. The molecule has 0 spiro atoms. The molecule has 0 bridgehead atoms. The number of hydrogen-bond acceptors (Lipinski definition) is 5. The first-order chi connectivity index (χ1) is 11.3. The van der Waals surface area contributed by atoms with Crippen molar-refractivity contribution in [3.63, 3.8) is 0 Å². The van der Waals surface area contributed by atoms with Crippen molar-refractivity contribution in [2.24, 2.45) is 0 Å². The average molecular weight is 314 g/mol. The van der Waals surface area contributed by atoms with Gasteiger partial charge in [0.1, 0.15) is 11.6 Å². The van der Waals surface area contributed by atoms with Crippen LogP contribution in [-0.4, -0.2) is 46.7 Å². The highest BCUT2D eigenvalue weighted by atomic mass is 16.5. The lowest BCUT2D eigenvalue weighted by Gasteiger charge is -2.29. The Hall–Kier alpha value is -2.21. The Morgan fingerprint density at radius 3 is 3.00 bits per heavy atom. The normalized spacial score (nSPS) is 15.0. The highest BCUT2D eigenvalue weighted by Crippen LogP contribution is 2.19. The third-order valence-electron chi connectivity index (χ3n) is 3.97. The Balaban J connectivity index is 1.80. The van der Waals surface area contributed by atoms with Gasteiger partial charge >= 0.3 is 0 Å². The van der Waals surface area contributed by atoms with Gasteiger partial charge in [-0.3, -0.25) is 4.79 Å². The fourth-order valence-corrected chi connectivity index (χ4v) is 2.79. The van der Waals surface area contributed by atoms with E-state index < -0.39 is 0 Å². The molecule has 0 unspecified atom stereocenters. The first-order valence-corrected chi connectivity index (χ1v) is 8.07. The summed E-state index contributed by atoms with van der Waals surface area (Å²) in [6.45, 7) is 6.75. The number of fused-ring (bicyclic) bond motifs is 1. The molecule has 122 valence electrons. The first kappa shape index (κ1) is 15.7. The minimum absolute atomic E-state index is 0.219. The van der Waals surface area contributed by atoms with Crippen LogP contribution in [0.1, 0.15) is 25.0 Å². The number of nitrogens with zero attached hydrogens (tertiary/aromatic N) is 4. The second-order valence-corrected chi connectivity index (χ2v) is 5.70. The zero-order valence-corrected chi connectivity index (χ0v) is 13.3. The van der Waals surface area contributed by atoms with Gasteiger partial charge in [-0.2, -0.15) is 9.61 Å². The standard InChI is InChI=1S/C17H22N4O2/c1-2-3-4-5-15(22)12-14-13-17(20-8-10-23-11-9-20)21-16(19-14)6-7-18-21/h2,6-7,13H,1,3-5,8-12H2. The van der Waals surface area contributed by atoms with Crippen LogP contribution in [0.5, 0.6) is 0 Å². The SMILES string of the molecule is C=CCCCC(=O)Cc1cc(N2CCOCC2)n2nccc2n1. The number of unbranched alkanes of at least 4 members (excludes halogenated alkanes) is 1. The van der Waals surface area contributed by atoms with Crippen LogP contribution in [0.15, 0.2) is 31.0 Å². The second-order valence-electron chi connectivity index (χ2n) is 5.70. The van der Waals surface area contributed by atoms with Gasteiger partial charge in [0.2, 0.25) is 0 Å². The van der Waals surface area contributed by atoms with Crippen LogP contribution in [0.2, 0.25) is 0 Å². The van der Waals surface area contributed by atoms with Gasteiger partial charge in [-0.05, 0) is 12.8 Å². The van der Waals surface area contributed by atoms with Gasteiger partial charge in [-0.1, -0.05) is 6.08 Å². The number of ketones is 1. The van der Waals surface area contributed by atoms with Crippen LogP contribution in [0.25, 0.3) is 5.65 Å². The smallest absolute Gasteiger partial charge is 0.157 e. The summed E-state index contributed by atoms with van der Waals surface area (Å²) in [7, 11) is 0. The van der Waals surface area contributed by atoms with Crippen molar-refractivity contribution < 1.29 is 9.53 Å². The molecule has 0 N–H and O–H groups in total. The number of Topliss-reactive ketones (excluding diaryl/α,β-unsaturated/α-hetero) is 1. The molecule has 1 fully saturated rings. The topological polar surface area (TPSA) is 59.7 Å². The minimum atomic E-state index is 0.219. The monoisotopic (exact) mass is 314 g/mol. The number of carbonyl (C=O) groups excluding carboxylic acids is 1. The van der Waals surface area contributed by atoms with E-state index in [-0.39, 0.29) is 5.78 Å². The van der Waals surface area contributed by atoms with Crippen molar-refractivity contribution in [1.29, 1.82) is 0 Å². The van der Waals surface area contributed by atoms with Crippen molar-refractivity contribution in [1.82, 2.24) is 14.6 Å². The molecule has 23 heavy (non-hydrogen) atoms. The summed E-state index contributed by atoms with van der Waals surface area (Å²) in [6.07, 6.45) is 6.26. The van der Waals surface area contributed by atoms with Gasteiger partial charge in [0.25, 0.3) is 0 Å². The summed E-state index contributed by atoms with van der Waals surface area (Å²) in [5.74, 6) is 1.20. The summed E-state index contributed by atoms with van der Waals surface area (Å²) in [5.41, 5.74) is 1.59. The van der Waals surface area contributed by atoms with Gasteiger partial charge in [-0.15, -0.1) is 6.58 Å². The largest absolute Gasteiger partial charge is 0.378 e. The fraction of sp³-hybridized carbons (Fsp3) is 0.471. The van der Waals surface area contributed by atoms with Crippen molar-refractivity contribution in [3.8, 4) is 0 Å². The molecule has 1 aliphatic rings. The van der Waals surface area contributed by atoms with Gasteiger partial charge in [0, 0.05) is 38.1 Å². The van der Waals surface area contributed by atoms with Crippen molar-refractivity contribution in [2.45, 2.75) is 25.7 Å². The Bertz CT molecular complexity index is 689. The number of allylic oxidation sites excluding steroid dienone is 1. The molecule has 6 heteroatoms. The van der Waals surface area contributed by atoms with Crippen LogP contribution in [0.3, 0.4) is 0 Å². The Morgan fingerprint density at radius 2 is 2.22 bits per heavy atom. The molecule has 0 atom stereocenters. The van der Waals surface area contributed by atoms with Crippen LogP contribution >= 0.6 is 0 Å². The molecule has 3 heterocycles. The van der Waals surface area contributed by atoms with Crippen LogP contribution in [-0.2, 0) is 16.0 Å². The molecular weight excluding hydrogens is 292 g/mol. The van der Waals surface area contributed by atoms with Gasteiger partial charge < -0.3 is 9.64 Å². The number of hydrogen-bond donors (Lipinski definition) is 0. The Labute approximate surface area is 135 Å². The maximum atomic E-state index is 12.1. The molecule has 2 aromatic rings. The predicted molar refractivity (Wildman–Crippen MR) is 88.8 cm³/mol. The van der Waals surface area contributed by atoms with Crippen molar-refractivity contribution in [3.05, 3.63) is 36.7 Å². The third kappa shape index (κ3) is 3.76. The molecule has 0 aromatic carbocycles. The maximum Gasteiger partial charge on any atom is 0.157 e. The number of anilines is 1. The van der Waals surface area contributed by atoms with E-state index in [9.17, 15) is 4.79 Å². The van der Waals surface area contributed by atoms with Gasteiger partial charge in [-0.25, -0.2) is 4.98 Å². The number of morpholine rings is 1. The molecule has 0 saturated carbocycles. The lowest BCUT2D eigenvalue weighted by atomic mass is 10.1. The van der Waals surface area contributed by atoms with E-state index in [1.165, 1.54) is 0 Å². The number of ether oxygens (including phenoxy) is 1. The number of carbonyl (C=O) groups is 1. The molecular formula is C17H22N4O2. The highest BCUT2D eigenvalue weighted by molar-refractivity contribution is 5.80. The average Bonchev–Trinajstić information content (AvgIpc) is 3.03. The Kier molecular flexibility index (Phi) is 5.02. The predicted octanol–water partition coefficient (Wildman–Crippen LogP) is 2.03. The van der Waals surface area contributed by atoms with E-state index in [2.05, 4.69) is 21.6 Å². The summed E-state index contributed by atoms with van der Waals surface area (Å²) >= 11 is 0. The molecule has 2 aromatic heterocycles. The molecule has 0 radical (unpaired) electrons. The quantitative estimate of drug-likeness (QED) is 0.578. The zero-order chi connectivity index (χ0) is 16.1. The zero-order valence-electron chi connectivity index (χ0n) is 13.3. The maximum absolute atomic E-state index is 12.1. The lowest BCUT2D eigenvalue weighted by molar-refractivity contribution is -0.118. The first-order valence-electron chi connectivity index (χ1n) is 8.07. The molecule has 3 rings (SSSR count). The highest BCUT2D eigenvalue weighted by Gasteiger charge is 2.17. The van der Waals surface area contributed by atoms with E-state index in [0.29, 0.717) is 26.1 Å². The van der Waals surface area contributed by atoms with Crippen LogP contribution in [0.4, 0.5) is 5.82 Å². The van der Waals surface area contributed by atoms with E-state index in [1.807, 2.05) is 22.7 Å². The van der Waals surface area contributed by atoms with Crippen molar-refractivity contribution >= 4 is 17.2 Å². The summed E-state index contributed by atoms with van der Waals surface area (Å²) in [6, 6.07) is 3.85. The summed E-state index contributed by atoms with van der Waals surface area (Å²) in [4.78, 5) is 18.9. The third-order valence-corrected chi connectivity index (χ3v) is 3.97. The van der Waals surface area contributed by atoms with Gasteiger partial charge in [0.05, 0.1) is 25.1 Å². The Morgan fingerprint density at radius 1 is 1.39 bits per heavy atom. The van der Waals surface area contributed by atoms with E-state index in [4.69, 9.17) is 4.74 Å². The van der Waals surface area contributed by atoms with Gasteiger partial charge in [0.15, 0.2) is 5.65 Å². The van der Waals surface area contributed by atoms with E-state index in [0.717, 1.165) is 43.1 Å². The molecule has 1 aliphatic heterocycles. The molecule has 6 nitrogen and oxygen atoms in total. The fourth-order valence-electron chi connectivity index (χ4n) is 2.79.